The Balaban J connectivity index is 1.48. The molecule has 6 atom stereocenters. The Labute approximate surface area is 184 Å². The molecule has 1 heterocycles. The van der Waals surface area contributed by atoms with Crippen LogP contribution in [-0.2, 0) is 4.74 Å². The molecule has 1 aliphatic heterocycles. The van der Waals surface area contributed by atoms with Crippen molar-refractivity contribution in [2.75, 3.05) is 6.61 Å². The Morgan fingerprint density at radius 2 is 1.87 bits per heavy atom. The number of hydrogen-bond donors (Lipinski definition) is 1. The van der Waals surface area contributed by atoms with Gasteiger partial charge in [-0.1, -0.05) is 43.7 Å². The quantitative estimate of drug-likeness (QED) is 0.541. The maximum Gasteiger partial charge on any atom is 0.0626 e. The number of aliphatic hydroxyl groups is 1. The fourth-order valence-corrected chi connectivity index (χ4v) is 7.30. The highest BCUT2D eigenvalue weighted by molar-refractivity contribution is 5.36. The van der Waals surface area contributed by atoms with E-state index in [2.05, 4.69) is 46.4 Å². The summed E-state index contributed by atoms with van der Waals surface area (Å²) in [5.41, 5.74) is 4.69. The molecule has 3 saturated carbocycles. The molecule has 4 fully saturated rings. The molecule has 0 aromatic carbocycles. The average Bonchev–Trinajstić information content (AvgIpc) is 3.05. The standard InChI is InChI=1S/C28H44O2/c1-19-8-11-24(29)17-22(19)10-9-21-7-6-15-28(5)25(12-13-26(21)28)20(2)23-14-16-27(3,4)30-18-23/h9-10,20,23-26,29H,1,6-8,11-18H2,2-5H3/b21-9+,22-10-/t20-,23-,24+,25-,26+,28-/m1/s1. The third-order valence-corrected chi connectivity index (χ3v) is 9.41. The van der Waals surface area contributed by atoms with Crippen LogP contribution in [-0.4, -0.2) is 23.4 Å². The Morgan fingerprint density at radius 3 is 2.60 bits per heavy atom. The number of fused-ring (bicyclic) bond motifs is 1. The van der Waals surface area contributed by atoms with E-state index in [-0.39, 0.29) is 11.7 Å². The van der Waals surface area contributed by atoms with Crippen molar-refractivity contribution in [3.05, 3.63) is 35.5 Å². The molecule has 4 aliphatic rings. The first kappa shape index (κ1) is 22.3. The van der Waals surface area contributed by atoms with Crippen LogP contribution in [0.2, 0.25) is 0 Å². The molecule has 0 aromatic rings. The summed E-state index contributed by atoms with van der Waals surface area (Å²) in [6.45, 7) is 14.8. The van der Waals surface area contributed by atoms with Gasteiger partial charge in [0, 0.05) is 0 Å². The number of allylic oxidation sites excluding steroid dienone is 4. The van der Waals surface area contributed by atoms with Crippen LogP contribution in [0.3, 0.4) is 0 Å². The van der Waals surface area contributed by atoms with Gasteiger partial charge in [0.25, 0.3) is 0 Å². The highest BCUT2D eigenvalue weighted by atomic mass is 16.5. The molecule has 2 heteroatoms. The molecule has 1 saturated heterocycles. The fourth-order valence-electron chi connectivity index (χ4n) is 7.30. The number of ether oxygens (including phenoxy) is 1. The third-order valence-electron chi connectivity index (χ3n) is 9.41. The molecular formula is C28H44O2. The first-order valence-corrected chi connectivity index (χ1v) is 12.6. The van der Waals surface area contributed by atoms with Gasteiger partial charge in [0.15, 0.2) is 0 Å². The van der Waals surface area contributed by atoms with Crippen LogP contribution < -0.4 is 0 Å². The average molecular weight is 413 g/mol. The Kier molecular flexibility index (Phi) is 6.39. The van der Waals surface area contributed by atoms with Crippen molar-refractivity contribution in [2.45, 2.75) is 104 Å². The van der Waals surface area contributed by atoms with Gasteiger partial charge in [0.05, 0.1) is 18.3 Å². The molecular weight excluding hydrogens is 368 g/mol. The predicted octanol–water partition coefficient (Wildman–Crippen LogP) is 7.00. The lowest BCUT2D eigenvalue weighted by atomic mass is 9.59. The Morgan fingerprint density at radius 1 is 1.07 bits per heavy atom. The summed E-state index contributed by atoms with van der Waals surface area (Å²) in [6.07, 6.45) is 16.3. The largest absolute Gasteiger partial charge is 0.393 e. The summed E-state index contributed by atoms with van der Waals surface area (Å²) in [7, 11) is 0. The van der Waals surface area contributed by atoms with Crippen molar-refractivity contribution in [1.82, 2.24) is 0 Å². The van der Waals surface area contributed by atoms with E-state index in [1.807, 2.05) is 0 Å². The molecule has 0 unspecified atom stereocenters. The molecule has 3 aliphatic carbocycles. The lowest BCUT2D eigenvalue weighted by Crippen LogP contribution is -2.42. The van der Waals surface area contributed by atoms with Crippen LogP contribution in [0, 0.1) is 29.1 Å². The summed E-state index contributed by atoms with van der Waals surface area (Å²) in [6, 6.07) is 0. The SMILES string of the molecule is C=C1CC[C@H](O)C/C1=C/C=C1\CCC[C@]2(C)[C@@H]([C@H](C)[C@@H]3CCC(C)(C)OC3)CC[C@@H]12. The molecule has 0 bridgehead atoms. The minimum Gasteiger partial charge on any atom is -0.393 e. The highest BCUT2D eigenvalue weighted by Crippen LogP contribution is 2.60. The van der Waals surface area contributed by atoms with Crippen LogP contribution in [0.25, 0.3) is 0 Å². The van der Waals surface area contributed by atoms with Gasteiger partial charge in [-0.3, -0.25) is 0 Å². The zero-order valence-electron chi connectivity index (χ0n) is 19.9. The van der Waals surface area contributed by atoms with Crippen LogP contribution in [0.15, 0.2) is 35.5 Å². The van der Waals surface area contributed by atoms with Crippen LogP contribution in [0.1, 0.15) is 91.9 Å². The van der Waals surface area contributed by atoms with E-state index < -0.39 is 0 Å². The number of aliphatic hydroxyl groups excluding tert-OH is 1. The van der Waals surface area contributed by atoms with Crippen LogP contribution in [0.5, 0.6) is 0 Å². The molecule has 4 rings (SSSR count). The molecule has 168 valence electrons. The summed E-state index contributed by atoms with van der Waals surface area (Å²) >= 11 is 0. The van der Waals surface area contributed by atoms with Crippen LogP contribution in [0.4, 0.5) is 0 Å². The second-order valence-electron chi connectivity index (χ2n) is 11.8. The molecule has 0 spiro atoms. The van der Waals surface area contributed by atoms with Gasteiger partial charge in [-0.15, -0.1) is 0 Å². The van der Waals surface area contributed by atoms with Gasteiger partial charge in [-0.05, 0) is 113 Å². The van der Waals surface area contributed by atoms with Crippen molar-refractivity contribution in [1.29, 1.82) is 0 Å². The lowest BCUT2D eigenvalue weighted by molar-refractivity contribution is -0.0974. The van der Waals surface area contributed by atoms with E-state index in [1.54, 1.807) is 5.57 Å². The smallest absolute Gasteiger partial charge is 0.0626 e. The van der Waals surface area contributed by atoms with Crippen molar-refractivity contribution in [3.8, 4) is 0 Å². The first-order valence-electron chi connectivity index (χ1n) is 12.6. The third kappa shape index (κ3) is 4.37. The minimum absolute atomic E-state index is 0.0727. The summed E-state index contributed by atoms with van der Waals surface area (Å²) < 4.78 is 6.23. The molecule has 1 N–H and O–H groups in total. The number of hydrogen-bond acceptors (Lipinski definition) is 2. The van der Waals surface area contributed by atoms with E-state index in [9.17, 15) is 5.11 Å². The fraction of sp³-hybridized carbons (Fsp3) is 0.786. The Hall–Kier alpha value is -0.860. The predicted molar refractivity (Wildman–Crippen MR) is 125 cm³/mol. The van der Waals surface area contributed by atoms with E-state index in [0.29, 0.717) is 5.41 Å². The first-order chi connectivity index (χ1) is 14.2. The molecule has 0 aromatic heterocycles. The van der Waals surface area contributed by atoms with Crippen molar-refractivity contribution in [3.63, 3.8) is 0 Å². The van der Waals surface area contributed by atoms with Crippen molar-refractivity contribution < 1.29 is 9.84 Å². The highest BCUT2D eigenvalue weighted by Gasteiger charge is 2.52. The Bertz CT molecular complexity index is 704. The summed E-state index contributed by atoms with van der Waals surface area (Å²) in [5.74, 6) is 3.03. The van der Waals surface area contributed by atoms with E-state index in [1.165, 1.54) is 56.1 Å². The summed E-state index contributed by atoms with van der Waals surface area (Å²) in [5, 5.41) is 10.1. The zero-order chi connectivity index (χ0) is 21.5. The van der Waals surface area contributed by atoms with E-state index in [0.717, 1.165) is 49.5 Å². The normalized spacial score (nSPS) is 43.0. The maximum atomic E-state index is 10.1. The molecule has 30 heavy (non-hydrogen) atoms. The monoisotopic (exact) mass is 412 g/mol. The van der Waals surface area contributed by atoms with E-state index in [4.69, 9.17) is 4.74 Å². The van der Waals surface area contributed by atoms with Gasteiger partial charge < -0.3 is 9.84 Å². The van der Waals surface area contributed by atoms with Gasteiger partial charge in [-0.2, -0.15) is 0 Å². The van der Waals surface area contributed by atoms with Gasteiger partial charge in [0.2, 0.25) is 0 Å². The van der Waals surface area contributed by atoms with Crippen molar-refractivity contribution in [2.24, 2.45) is 29.1 Å². The molecule has 2 nitrogen and oxygen atoms in total. The second-order valence-corrected chi connectivity index (χ2v) is 11.8. The van der Waals surface area contributed by atoms with Crippen LogP contribution >= 0.6 is 0 Å². The molecule has 0 amide bonds. The topological polar surface area (TPSA) is 29.5 Å². The van der Waals surface area contributed by atoms with Gasteiger partial charge >= 0.3 is 0 Å². The minimum atomic E-state index is -0.184. The van der Waals surface area contributed by atoms with Gasteiger partial charge in [-0.25, -0.2) is 0 Å². The lowest BCUT2D eigenvalue weighted by Gasteiger charge is -2.47. The second kappa shape index (κ2) is 8.58. The summed E-state index contributed by atoms with van der Waals surface area (Å²) in [4.78, 5) is 0. The zero-order valence-corrected chi connectivity index (χ0v) is 19.9. The van der Waals surface area contributed by atoms with Gasteiger partial charge in [0.1, 0.15) is 0 Å². The number of rotatable bonds is 3. The maximum absolute atomic E-state index is 10.1. The van der Waals surface area contributed by atoms with E-state index >= 15 is 0 Å². The molecule has 0 radical (unpaired) electrons. The van der Waals surface area contributed by atoms with Crippen molar-refractivity contribution >= 4 is 0 Å².